The van der Waals surface area contributed by atoms with E-state index in [1.54, 1.807) is 13.0 Å². The van der Waals surface area contributed by atoms with Crippen molar-refractivity contribution >= 4 is 29.0 Å². The van der Waals surface area contributed by atoms with Crippen molar-refractivity contribution in [3.8, 4) is 22.6 Å². The Morgan fingerprint density at radius 1 is 1.07 bits per heavy atom. The summed E-state index contributed by atoms with van der Waals surface area (Å²) in [6.07, 6.45) is 0.540. The molecular weight excluding hydrogens is 594 g/mol. The van der Waals surface area contributed by atoms with Crippen LogP contribution in [0.3, 0.4) is 0 Å². The number of benzene rings is 2. The van der Waals surface area contributed by atoms with E-state index < -0.39 is 82.1 Å². The van der Waals surface area contributed by atoms with E-state index in [1.807, 2.05) is 18.2 Å². The van der Waals surface area contributed by atoms with Gasteiger partial charge >= 0.3 is 0 Å². The lowest BCUT2D eigenvalue weighted by Crippen LogP contribution is -2.77. The molecule has 1 amide bonds. The number of carbonyl (C=O) groups excluding carboxylic acids is 5. The highest BCUT2D eigenvalue weighted by Crippen LogP contribution is 2.56. The molecule has 0 radical (unpaired) electrons. The molecule has 2 aromatic rings. The summed E-state index contributed by atoms with van der Waals surface area (Å²) < 4.78 is 5.71. The maximum absolute atomic E-state index is 14.3. The molecule has 0 bridgehead atoms. The van der Waals surface area contributed by atoms with Crippen molar-refractivity contribution in [2.75, 3.05) is 34.3 Å². The summed E-state index contributed by atoms with van der Waals surface area (Å²) in [6.45, 7) is 4.40. The number of hydrogen-bond donors (Lipinski definition) is 4. The zero-order valence-electron chi connectivity index (χ0n) is 26.2. The van der Waals surface area contributed by atoms with E-state index in [1.165, 1.54) is 32.2 Å². The number of fused-ring (bicyclic) bond motifs is 3. The van der Waals surface area contributed by atoms with E-state index in [-0.39, 0.29) is 5.56 Å². The summed E-state index contributed by atoms with van der Waals surface area (Å²) in [6, 6.07) is 7.36. The number of ketones is 4. The zero-order valence-corrected chi connectivity index (χ0v) is 26.2. The Hall–Kier alpha value is -3.97. The van der Waals surface area contributed by atoms with Gasteiger partial charge in [0.2, 0.25) is 5.91 Å². The average molecular weight is 634 g/mol. The summed E-state index contributed by atoms with van der Waals surface area (Å²) >= 11 is 0. The molecule has 12 heteroatoms. The second-order valence-corrected chi connectivity index (χ2v) is 13.3. The summed E-state index contributed by atoms with van der Waals surface area (Å²) in [5, 5.41) is 35.0. The first-order valence-corrected chi connectivity index (χ1v) is 15.5. The van der Waals surface area contributed by atoms with Crippen molar-refractivity contribution in [2.45, 2.75) is 50.0 Å². The molecule has 1 saturated heterocycles. The highest BCUT2D eigenvalue weighted by molar-refractivity contribution is 6.32. The van der Waals surface area contributed by atoms with Crippen LogP contribution < -0.4 is 10.5 Å². The summed E-state index contributed by atoms with van der Waals surface area (Å²) in [5.41, 5.74) is 4.79. The first kappa shape index (κ1) is 32.0. The van der Waals surface area contributed by atoms with E-state index in [9.17, 15) is 39.3 Å². The minimum atomic E-state index is -3.05. The van der Waals surface area contributed by atoms with Gasteiger partial charge in [0, 0.05) is 18.0 Å². The standard InChI is InChI=1S/C34H39N3O9/c1-15-21-17(18-13-16(7-10-20(18)46-4)14-37-11-5-6-12-37)8-9-19(38)23(21)28(39)24-22(15)29(40)26-27(36(2)3)30(41)25(33(35)44)32(43)34(26,45)31(24)42/h7-10,13,15,22,24-27,29,38,40,45H,5-6,11-12,14H2,1-4H3,(H2,35,44)/t15-,22+,24?,25?,26+,27-,29-,34-/m0/s1. The molecule has 12 nitrogen and oxygen atoms in total. The predicted octanol–water partition coefficient (Wildman–Crippen LogP) is 0.670. The Bertz CT molecular complexity index is 1670. The van der Waals surface area contributed by atoms with E-state index >= 15 is 0 Å². The molecule has 6 rings (SSSR count). The lowest BCUT2D eigenvalue weighted by molar-refractivity contribution is -0.196. The first-order chi connectivity index (χ1) is 21.7. The van der Waals surface area contributed by atoms with Crippen LogP contribution in [0.15, 0.2) is 30.3 Å². The fraction of sp³-hybridized carbons (Fsp3) is 0.500. The van der Waals surface area contributed by atoms with Gasteiger partial charge in [-0.1, -0.05) is 19.1 Å². The van der Waals surface area contributed by atoms with Crippen molar-refractivity contribution in [1.82, 2.24) is 9.80 Å². The fourth-order valence-electron chi connectivity index (χ4n) is 8.57. The van der Waals surface area contributed by atoms with Crippen LogP contribution in [0, 0.1) is 23.7 Å². The number of aromatic hydroxyl groups is 1. The van der Waals surface area contributed by atoms with Gasteiger partial charge in [0.15, 0.2) is 34.7 Å². The van der Waals surface area contributed by atoms with E-state index in [4.69, 9.17) is 10.5 Å². The number of hydrogen-bond acceptors (Lipinski definition) is 11. The smallest absolute Gasteiger partial charge is 0.235 e. The van der Waals surface area contributed by atoms with Crippen LogP contribution in [0.25, 0.3) is 11.1 Å². The predicted molar refractivity (Wildman–Crippen MR) is 164 cm³/mol. The number of aliphatic hydroxyl groups excluding tert-OH is 1. The molecule has 2 unspecified atom stereocenters. The number of likely N-dealkylation sites (tertiary alicyclic amines) is 1. The molecule has 3 fully saturated rings. The number of aliphatic hydroxyl groups is 2. The van der Waals surface area contributed by atoms with Gasteiger partial charge < -0.3 is 25.8 Å². The van der Waals surface area contributed by atoms with Crippen molar-refractivity contribution in [2.24, 2.45) is 29.4 Å². The first-order valence-electron chi connectivity index (χ1n) is 15.5. The van der Waals surface area contributed by atoms with Crippen LogP contribution in [-0.2, 0) is 25.7 Å². The minimum absolute atomic E-state index is 0.157. The van der Waals surface area contributed by atoms with Crippen LogP contribution in [0.5, 0.6) is 11.5 Å². The number of primary amides is 1. The highest BCUT2D eigenvalue weighted by atomic mass is 16.5. The largest absolute Gasteiger partial charge is 0.507 e. The van der Waals surface area contributed by atoms with Gasteiger partial charge in [-0.2, -0.15) is 0 Å². The summed E-state index contributed by atoms with van der Waals surface area (Å²) in [4.78, 5) is 71.6. The van der Waals surface area contributed by atoms with Crippen LogP contribution in [0.1, 0.15) is 47.2 Å². The van der Waals surface area contributed by atoms with Crippen LogP contribution >= 0.6 is 0 Å². The Morgan fingerprint density at radius 3 is 2.35 bits per heavy atom. The molecule has 0 aromatic heterocycles. The number of methoxy groups -OCH3 is 1. The molecule has 3 aliphatic carbocycles. The van der Waals surface area contributed by atoms with E-state index in [2.05, 4.69) is 4.90 Å². The molecular formula is C34H39N3O9. The van der Waals surface area contributed by atoms with Gasteiger partial charge in [-0.25, -0.2) is 0 Å². The van der Waals surface area contributed by atoms with Gasteiger partial charge in [-0.3, -0.25) is 33.8 Å². The molecule has 0 spiro atoms. The van der Waals surface area contributed by atoms with Crippen LogP contribution in [0.4, 0.5) is 0 Å². The molecule has 244 valence electrons. The Balaban J connectivity index is 1.52. The fourth-order valence-corrected chi connectivity index (χ4v) is 8.57. The Labute approximate surface area is 266 Å². The second-order valence-electron chi connectivity index (χ2n) is 13.3. The molecule has 46 heavy (non-hydrogen) atoms. The molecule has 4 aliphatic rings. The van der Waals surface area contributed by atoms with Gasteiger partial charge in [0.05, 0.1) is 36.7 Å². The lowest BCUT2D eigenvalue weighted by Gasteiger charge is -2.56. The summed E-state index contributed by atoms with van der Waals surface area (Å²) in [7, 11) is 4.45. The molecule has 1 heterocycles. The number of nitrogens with zero attached hydrogens (tertiary/aromatic N) is 2. The number of amides is 1. The van der Waals surface area contributed by atoms with Gasteiger partial charge in [-0.05, 0) is 80.8 Å². The zero-order chi connectivity index (χ0) is 33.4. The van der Waals surface area contributed by atoms with E-state index in [0.29, 0.717) is 29.0 Å². The van der Waals surface area contributed by atoms with Gasteiger partial charge in [0.1, 0.15) is 11.5 Å². The Kier molecular flexibility index (Phi) is 7.91. The number of ether oxygens (including phenoxy) is 1. The number of rotatable bonds is 6. The van der Waals surface area contributed by atoms with Crippen LogP contribution in [0.2, 0.25) is 0 Å². The average Bonchev–Trinajstić information content (AvgIpc) is 3.51. The lowest BCUT2D eigenvalue weighted by atomic mass is 9.49. The molecule has 5 N–H and O–H groups in total. The maximum Gasteiger partial charge on any atom is 0.235 e. The monoisotopic (exact) mass is 633 g/mol. The molecule has 2 aromatic carbocycles. The number of nitrogens with two attached hydrogens (primary N) is 1. The SMILES string of the molecule is COc1ccc(CN2CCCC2)cc1-c1ccc(O)c2c1[C@H](C)[C@@H]1C(C2=O)C(=O)[C@]2(O)C(=O)C(C(N)=O)C(=O)[C@@H](N(C)C)[C@@H]2[C@H]1O. The van der Waals surface area contributed by atoms with Crippen LogP contribution in [-0.4, -0.2) is 106 Å². The number of carbonyl (C=O) groups is 5. The number of phenols is 1. The van der Waals surface area contributed by atoms with Crippen molar-refractivity contribution in [3.05, 3.63) is 47.0 Å². The van der Waals surface area contributed by atoms with E-state index in [0.717, 1.165) is 31.5 Å². The topological polar surface area (TPSA) is 188 Å². The molecule has 8 atom stereocenters. The summed E-state index contributed by atoms with van der Waals surface area (Å²) in [5.74, 6) is -13.2. The third-order valence-electron chi connectivity index (χ3n) is 10.6. The maximum atomic E-state index is 14.3. The Morgan fingerprint density at radius 2 is 1.74 bits per heavy atom. The number of Topliss-reactive ketones (excluding diaryl/α,β-unsaturated/α-hetero) is 4. The molecule has 1 aliphatic heterocycles. The highest BCUT2D eigenvalue weighted by Gasteiger charge is 2.73. The van der Waals surface area contributed by atoms with Gasteiger partial charge in [0.25, 0.3) is 0 Å². The van der Waals surface area contributed by atoms with Crippen molar-refractivity contribution in [1.29, 1.82) is 0 Å². The van der Waals surface area contributed by atoms with Crippen molar-refractivity contribution < 1.29 is 44.0 Å². The third-order valence-corrected chi connectivity index (χ3v) is 10.6. The van der Waals surface area contributed by atoms with Crippen molar-refractivity contribution in [3.63, 3.8) is 0 Å². The van der Waals surface area contributed by atoms with Gasteiger partial charge in [-0.15, -0.1) is 0 Å². The second kappa shape index (κ2) is 11.4. The minimum Gasteiger partial charge on any atom is -0.507 e. The third kappa shape index (κ3) is 4.45. The quantitative estimate of drug-likeness (QED) is 0.328. The molecule has 2 saturated carbocycles. The number of likely N-dealkylation sites (N-methyl/N-ethyl adjacent to an activating group) is 1. The number of phenolic OH excluding ortho intramolecular Hbond substituents is 1. The normalized spacial score (nSPS) is 32.7.